The van der Waals surface area contributed by atoms with Crippen molar-refractivity contribution in [2.45, 2.75) is 17.6 Å². The maximum absolute atomic E-state index is 14.1. The highest BCUT2D eigenvalue weighted by atomic mass is 79.9. The second-order valence-corrected chi connectivity index (χ2v) is 6.92. The maximum Gasteiger partial charge on any atom is 0.338 e. The fraction of sp³-hybridized carbons (Fsp3) is 0.182. The number of aryl methyl sites for hydroxylation is 1. The van der Waals surface area contributed by atoms with Gasteiger partial charge in [-0.2, -0.15) is 0 Å². The normalized spacial score (nSPS) is 11.6. The monoisotopic (exact) mass is 378 g/mol. The summed E-state index contributed by atoms with van der Waals surface area (Å²) in [5.74, 6) is -3.66. The average molecular weight is 379 g/mol. The van der Waals surface area contributed by atoms with Crippen molar-refractivity contribution in [3.05, 3.63) is 39.8 Å². The molecule has 112 valence electrons. The molecule has 2 aromatic rings. The molecule has 21 heavy (non-hydrogen) atoms. The quantitative estimate of drug-likeness (QED) is 0.865. The van der Waals surface area contributed by atoms with Crippen molar-refractivity contribution in [1.29, 1.82) is 0 Å². The second kappa shape index (κ2) is 5.53. The summed E-state index contributed by atoms with van der Waals surface area (Å²) in [7, 11) is -4.17. The van der Waals surface area contributed by atoms with E-state index in [4.69, 9.17) is 9.52 Å². The van der Waals surface area contributed by atoms with Crippen molar-refractivity contribution in [2.24, 2.45) is 0 Å². The van der Waals surface area contributed by atoms with Crippen molar-refractivity contribution in [2.75, 3.05) is 0 Å². The van der Waals surface area contributed by atoms with Gasteiger partial charge in [-0.3, -0.25) is 0 Å². The molecule has 0 bridgehead atoms. The zero-order chi connectivity index (χ0) is 15.8. The number of carboxylic acids is 1. The minimum absolute atomic E-state index is 0.126. The standard InChI is InChI=1S/C11H8BrFN2O5S/c1-5-14-15-9(20-5)4-21(18,19)8-3-6(12)2-7(10(8)13)11(16)17/h2-3H,4H2,1H3,(H,16,17). The molecule has 1 aromatic heterocycles. The van der Waals surface area contributed by atoms with Crippen LogP contribution in [0.5, 0.6) is 0 Å². The topological polar surface area (TPSA) is 110 Å². The first-order chi connectivity index (χ1) is 9.70. The summed E-state index contributed by atoms with van der Waals surface area (Å²) in [5.41, 5.74) is -0.746. The van der Waals surface area contributed by atoms with Crippen molar-refractivity contribution in [3.63, 3.8) is 0 Å². The molecule has 2 rings (SSSR count). The fourth-order valence-electron chi connectivity index (χ4n) is 1.58. The summed E-state index contributed by atoms with van der Waals surface area (Å²) < 4.78 is 43.5. The molecule has 0 aliphatic carbocycles. The van der Waals surface area contributed by atoms with Gasteiger partial charge in [0.25, 0.3) is 0 Å². The highest BCUT2D eigenvalue weighted by molar-refractivity contribution is 9.10. The Labute approximate surface area is 126 Å². The summed E-state index contributed by atoms with van der Waals surface area (Å²) in [6.45, 7) is 1.48. The molecule has 0 unspecified atom stereocenters. The van der Waals surface area contributed by atoms with Crippen LogP contribution < -0.4 is 0 Å². The molecule has 0 aliphatic heterocycles. The molecule has 0 saturated carbocycles. The van der Waals surface area contributed by atoms with E-state index in [1.165, 1.54) is 6.92 Å². The van der Waals surface area contributed by atoms with Gasteiger partial charge in [0, 0.05) is 11.4 Å². The number of halogens is 2. The van der Waals surface area contributed by atoms with Gasteiger partial charge in [0.1, 0.15) is 10.6 Å². The van der Waals surface area contributed by atoms with Crippen LogP contribution in [0.15, 0.2) is 25.9 Å². The van der Waals surface area contributed by atoms with E-state index in [1.54, 1.807) is 0 Å². The first kappa shape index (κ1) is 15.6. The number of rotatable bonds is 4. The number of carbonyl (C=O) groups is 1. The molecular formula is C11H8BrFN2O5S. The number of nitrogens with zero attached hydrogens (tertiary/aromatic N) is 2. The number of aromatic nitrogens is 2. The fourth-order valence-corrected chi connectivity index (χ4v) is 3.48. The van der Waals surface area contributed by atoms with Crippen molar-refractivity contribution in [3.8, 4) is 0 Å². The van der Waals surface area contributed by atoms with Gasteiger partial charge in [-0.1, -0.05) is 15.9 Å². The van der Waals surface area contributed by atoms with Crippen LogP contribution in [0.1, 0.15) is 22.1 Å². The van der Waals surface area contributed by atoms with Crippen LogP contribution >= 0.6 is 15.9 Å². The second-order valence-electron chi connectivity index (χ2n) is 4.04. The van der Waals surface area contributed by atoms with Crippen LogP contribution in [0, 0.1) is 12.7 Å². The number of carboxylic acid groups (broad SMARTS) is 1. The van der Waals surface area contributed by atoms with Gasteiger partial charge in [-0.15, -0.1) is 10.2 Å². The third-order valence-electron chi connectivity index (χ3n) is 2.45. The van der Waals surface area contributed by atoms with E-state index in [0.29, 0.717) is 0 Å². The smallest absolute Gasteiger partial charge is 0.338 e. The Kier molecular flexibility index (Phi) is 4.10. The zero-order valence-electron chi connectivity index (χ0n) is 10.5. The molecule has 0 fully saturated rings. The molecule has 1 heterocycles. The molecule has 10 heteroatoms. The first-order valence-corrected chi connectivity index (χ1v) is 7.89. The van der Waals surface area contributed by atoms with Gasteiger partial charge in [-0.25, -0.2) is 17.6 Å². The third kappa shape index (κ3) is 3.27. The Bertz CT molecular complexity index is 818. The third-order valence-corrected chi connectivity index (χ3v) is 4.50. The number of aromatic carboxylic acids is 1. The molecule has 0 amide bonds. The Balaban J connectivity index is 2.52. The van der Waals surface area contributed by atoms with Crippen LogP contribution in [0.3, 0.4) is 0 Å². The van der Waals surface area contributed by atoms with E-state index in [2.05, 4.69) is 26.1 Å². The molecule has 0 atom stereocenters. The number of hydrogen-bond acceptors (Lipinski definition) is 6. The van der Waals surface area contributed by atoms with Gasteiger partial charge in [0.2, 0.25) is 11.8 Å². The van der Waals surface area contributed by atoms with Crippen LogP contribution in [-0.2, 0) is 15.6 Å². The molecule has 0 radical (unpaired) electrons. The van der Waals surface area contributed by atoms with E-state index >= 15 is 0 Å². The Morgan fingerprint density at radius 3 is 2.62 bits per heavy atom. The summed E-state index contributed by atoms with van der Waals surface area (Å²) in [6, 6.07) is 1.97. The predicted octanol–water partition coefficient (Wildman–Crippen LogP) is 1.95. The lowest BCUT2D eigenvalue weighted by Crippen LogP contribution is -2.11. The van der Waals surface area contributed by atoms with Crippen LogP contribution in [0.25, 0.3) is 0 Å². The van der Waals surface area contributed by atoms with Gasteiger partial charge in [0.05, 0.1) is 5.56 Å². The summed E-state index contributed by atoms with van der Waals surface area (Å²) in [4.78, 5) is 10.2. The Morgan fingerprint density at radius 1 is 1.43 bits per heavy atom. The SMILES string of the molecule is Cc1nnc(CS(=O)(=O)c2cc(Br)cc(C(=O)O)c2F)o1. The van der Waals surface area contributed by atoms with Crippen LogP contribution in [0.4, 0.5) is 4.39 Å². The zero-order valence-corrected chi connectivity index (χ0v) is 12.9. The number of benzene rings is 1. The van der Waals surface area contributed by atoms with E-state index in [0.717, 1.165) is 12.1 Å². The molecule has 0 saturated heterocycles. The minimum Gasteiger partial charge on any atom is -0.478 e. The summed E-state index contributed by atoms with van der Waals surface area (Å²) >= 11 is 2.95. The van der Waals surface area contributed by atoms with Gasteiger partial charge in [0.15, 0.2) is 15.7 Å². The minimum atomic E-state index is -4.17. The van der Waals surface area contributed by atoms with E-state index < -0.39 is 37.8 Å². The summed E-state index contributed by atoms with van der Waals surface area (Å²) in [6.07, 6.45) is 0. The number of sulfone groups is 1. The van der Waals surface area contributed by atoms with E-state index in [9.17, 15) is 17.6 Å². The van der Waals surface area contributed by atoms with Crippen molar-refractivity contribution < 1.29 is 27.1 Å². The molecule has 1 aromatic carbocycles. The highest BCUT2D eigenvalue weighted by Gasteiger charge is 2.27. The van der Waals surface area contributed by atoms with Gasteiger partial charge >= 0.3 is 5.97 Å². The molecule has 7 nitrogen and oxygen atoms in total. The number of hydrogen-bond donors (Lipinski definition) is 1. The maximum atomic E-state index is 14.1. The largest absolute Gasteiger partial charge is 0.478 e. The Morgan fingerprint density at radius 2 is 2.10 bits per heavy atom. The predicted molar refractivity (Wildman–Crippen MR) is 71.0 cm³/mol. The van der Waals surface area contributed by atoms with E-state index in [1.807, 2.05) is 0 Å². The lowest BCUT2D eigenvalue weighted by molar-refractivity contribution is 0.0691. The molecular weight excluding hydrogens is 371 g/mol. The lowest BCUT2D eigenvalue weighted by Gasteiger charge is -2.07. The van der Waals surface area contributed by atoms with Crippen LogP contribution in [0.2, 0.25) is 0 Å². The molecule has 0 aliphatic rings. The van der Waals surface area contributed by atoms with Crippen molar-refractivity contribution in [1.82, 2.24) is 10.2 Å². The first-order valence-electron chi connectivity index (χ1n) is 5.45. The van der Waals surface area contributed by atoms with Gasteiger partial charge < -0.3 is 9.52 Å². The highest BCUT2D eigenvalue weighted by Crippen LogP contribution is 2.26. The van der Waals surface area contributed by atoms with E-state index in [-0.39, 0.29) is 16.3 Å². The lowest BCUT2D eigenvalue weighted by atomic mass is 10.2. The Hall–Kier alpha value is -1.81. The molecule has 1 N–H and O–H groups in total. The average Bonchev–Trinajstić information content (AvgIpc) is 2.76. The van der Waals surface area contributed by atoms with Crippen molar-refractivity contribution >= 4 is 31.7 Å². The van der Waals surface area contributed by atoms with Gasteiger partial charge in [-0.05, 0) is 12.1 Å². The molecule has 0 spiro atoms. The van der Waals surface area contributed by atoms with Crippen LogP contribution in [-0.4, -0.2) is 29.7 Å². The summed E-state index contributed by atoms with van der Waals surface area (Å²) in [5, 5.41) is 15.9.